The highest BCUT2D eigenvalue weighted by Gasteiger charge is 2.26. The lowest BCUT2D eigenvalue weighted by molar-refractivity contribution is 0.199. The van der Waals surface area contributed by atoms with Gasteiger partial charge in [0.2, 0.25) is 0 Å². The average molecular weight is 227 g/mol. The molecule has 78 valence electrons. The molecule has 0 aromatic carbocycles. The first kappa shape index (κ1) is 11.2. The summed E-state index contributed by atoms with van der Waals surface area (Å²) in [4.78, 5) is 2.19. The third kappa shape index (κ3) is 3.09. The Hall–Kier alpha value is 0.160. The van der Waals surface area contributed by atoms with Crippen LogP contribution in [0.2, 0.25) is 0 Å². The van der Waals surface area contributed by atoms with Crippen molar-refractivity contribution in [3.8, 4) is 0 Å². The van der Waals surface area contributed by atoms with Gasteiger partial charge in [-0.15, -0.1) is 0 Å². The molecular weight excluding hydrogens is 212 g/mol. The van der Waals surface area contributed by atoms with E-state index in [2.05, 4.69) is 4.90 Å². The standard InChI is InChI=1S/C7H15ClN2O2S/c1-9-5-3-7(4-6-9)10(2)13(8,11)12/h7H,3-6H2,1-2H3. The van der Waals surface area contributed by atoms with E-state index < -0.39 is 9.24 Å². The van der Waals surface area contributed by atoms with Gasteiger partial charge in [0.1, 0.15) is 0 Å². The molecule has 0 aromatic heterocycles. The Morgan fingerprint density at radius 1 is 1.38 bits per heavy atom. The molecule has 0 spiro atoms. The zero-order valence-corrected chi connectivity index (χ0v) is 9.48. The molecule has 0 unspecified atom stereocenters. The van der Waals surface area contributed by atoms with Gasteiger partial charge in [-0.25, -0.2) is 0 Å². The van der Waals surface area contributed by atoms with E-state index in [0.29, 0.717) is 0 Å². The highest BCUT2D eigenvalue weighted by atomic mass is 35.7. The fourth-order valence-corrected chi connectivity index (χ4v) is 2.44. The summed E-state index contributed by atoms with van der Waals surface area (Å²) < 4.78 is 23.2. The molecule has 4 nitrogen and oxygen atoms in total. The molecule has 0 bridgehead atoms. The Bertz CT molecular complexity index is 260. The van der Waals surface area contributed by atoms with Crippen LogP contribution in [-0.4, -0.2) is 50.8 Å². The maximum absolute atomic E-state index is 11.0. The van der Waals surface area contributed by atoms with Crippen molar-refractivity contribution in [2.75, 3.05) is 27.2 Å². The van der Waals surface area contributed by atoms with Crippen molar-refractivity contribution in [1.82, 2.24) is 9.21 Å². The molecule has 1 aliphatic rings. The van der Waals surface area contributed by atoms with Crippen LogP contribution in [0.4, 0.5) is 0 Å². The minimum Gasteiger partial charge on any atom is -0.306 e. The van der Waals surface area contributed by atoms with Gasteiger partial charge in [-0.3, -0.25) is 0 Å². The summed E-state index contributed by atoms with van der Waals surface area (Å²) >= 11 is 0. The number of hydrogen-bond donors (Lipinski definition) is 0. The van der Waals surface area contributed by atoms with E-state index in [4.69, 9.17) is 10.7 Å². The molecule has 0 saturated carbocycles. The van der Waals surface area contributed by atoms with Gasteiger partial charge >= 0.3 is 0 Å². The SMILES string of the molecule is CN1CCC(N(C)S(=O)(=O)Cl)CC1. The Morgan fingerprint density at radius 3 is 2.23 bits per heavy atom. The fraction of sp³-hybridized carbons (Fsp3) is 1.00. The summed E-state index contributed by atoms with van der Waals surface area (Å²) in [5.74, 6) is 0. The highest BCUT2D eigenvalue weighted by molar-refractivity contribution is 8.11. The Kier molecular flexibility index (Phi) is 3.57. The summed E-state index contributed by atoms with van der Waals surface area (Å²) in [5.41, 5.74) is 0. The van der Waals surface area contributed by atoms with E-state index >= 15 is 0 Å². The van der Waals surface area contributed by atoms with Gasteiger partial charge < -0.3 is 4.90 Å². The van der Waals surface area contributed by atoms with E-state index in [1.165, 1.54) is 4.31 Å². The third-order valence-electron chi connectivity index (χ3n) is 2.55. The molecular formula is C7H15ClN2O2S. The summed E-state index contributed by atoms with van der Waals surface area (Å²) in [6.45, 7) is 1.86. The van der Waals surface area contributed by atoms with Gasteiger partial charge in [0, 0.05) is 23.8 Å². The predicted molar refractivity (Wildman–Crippen MR) is 53.1 cm³/mol. The molecule has 1 heterocycles. The molecule has 0 atom stereocenters. The van der Waals surface area contributed by atoms with Crippen molar-refractivity contribution in [3.05, 3.63) is 0 Å². The van der Waals surface area contributed by atoms with Crippen LogP contribution in [0.5, 0.6) is 0 Å². The highest BCUT2D eigenvalue weighted by Crippen LogP contribution is 2.18. The second kappa shape index (κ2) is 4.13. The van der Waals surface area contributed by atoms with Crippen LogP contribution < -0.4 is 0 Å². The van der Waals surface area contributed by atoms with Crippen molar-refractivity contribution in [2.45, 2.75) is 18.9 Å². The quantitative estimate of drug-likeness (QED) is 0.644. The van der Waals surface area contributed by atoms with Crippen LogP contribution >= 0.6 is 10.7 Å². The van der Waals surface area contributed by atoms with Gasteiger partial charge in [0.25, 0.3) is 9.24 Å². The summed E-state index contributed by atoms with van der Waals surface area (Å²) in [5, 5.41) is 0. The normalized spacial score (nSPS) is 22.5. The van der Waals surface area contributed by atoms with Crippen molar-refractivity contribution >= 4 is 19.9 Å². The first-order chi connectivity index (χ1) is 5.91. The lowest BCUT2D eigenvalue weighted by Gasteiger charge is -2.32. The molecule has 0 N–H and O–H groups in total. The van der Waals surface area contributed by atoms with Gasteiger partial charge in [0.15, 0.2) is 0 Å². The topological polar surface area (TPSA) is 40.6 Å². The van der Waals surface area contributed by atoms with Crippen LogP contribution in [0.3, 0.4) is 0 Å². The van der Waals surface area contributed by atoms with E-state index in [-0.39, 0.29) is 6.04 Å². The minimum absolute atomic E-state index is 0.0682. The molecule has 6 heteroatoms. The van der Waals surface area contributed by atoms with Crippen LogP contribution in [-0.2, 0) is 9.24 Å². The first-order valence-electron chi connectivity index (χ1n) is 4.27. The zero-order valence-electron chi connectivity index (χ0n) is 7.90. The smallest absolute Gasteiger partial charge is 0.299 e. The Morgan fingerprint density at radius 2 is 1.85 bits per heavy atom. The van der Waals surface area contributed by atoms with Crippen LogP contribution in [0.1, 0.15) is 12.8 Å². The molecule has 0 amide bonds. The maximum atomic E-state index is 11.0. The number of rotatable bonds is 2. The second-order valence-electron chi connectivity index (χ2n) is 3.49. The molecule has 0 aliphatic carbocycles. The van der Waals surface area contributed by atoms with Crippen molar-refractivity contribution in [1.29, 1.82) is 0 Å². The predicted octanol–water partition coefficient (Wildman–Crippen LogP) is 0.496. The van der Waals surface area contributed by atoms with E-state index in [1.54, 1.807) is 7.05 Å². The van der Waals surface area contributed by atoms with Crippen molar-refractivity contribution < 1.29 is 8.42 Å². The van der Waals surface area contributed by atoms with Crippen LogP contribution in [0.25, 0.3) is 0 Å². The fourth-order valence-electron chi connectivity index (χ4n) is 1.54. The Balaban J connectivity index is 2.55. The summed E-state index contributed by atoms with van der Waals surface area (Å²) in [6.07, 6.45) is 1.72. The summed E-state index contributed by atoms with van der Waals surface area (Å²) in [6, 6.07) is 0.0682. The number of halogens is 1. The Labute approximate surface area is 84.0 Å². The molecule has 13 heavy (non-hydrogen) atoms. The number of piperidine rings is 1. The number of hydrogen-bond acceptors (Lipinski definition) is 3. The van der Waals surface area contributed by atoms with E-state index in [0.717, 1.165) is 25.9 Å². The maximum Gasteiger partial charge on any atom is 0.299 e. The van der Waals surface area contributed by atoms with Gasteiger partial charge in [-0.2, -0.15) is 12.7 Å². The van der Waals surface area contributed by atoms with Crippen LogP contribution in [0, 0.1) is 0 Å². The molecule has 1 aliphatic heterocycles. The minimum atomic E-state index is -3.53. The number of nitrogens with zero attached hydrogens (tertiary/aromatic N) is 2. The third-order valence-corrected chi connectivity index (χ3v) is 4.19. The molecule has 1 fully saturated rings. The second-order valence-corrected chi connectivity index (χ2v) is 6.06. The van der Waals surface area contributed by atoms with Crippen LogP contribution in [0.15, 0.2) is 0 Å². The van der Waals surface area contributed by atoms with Gasteiger partial charge in [-0.05, 0) is 33.0 Å². The average Bonchev–Trinajstić information content (AvgIpc) is 2.03. The van der Waals surface area contributed by atoms with E-state index in [1.807, 2.05) is 7.05 Å². The first-order valence-corrected chi connectivity index (χ1v) is 6.54. The van der Waals surface area contributed by atoms with E-state index in [9.17, 15) is 8.42 Å². The largest absolute Gasteiger partial charge is 0.306 e. The molecule has 1 saturated heterocycles. The molecule has 0 radical (unpaired) electrons. The molecule has 0 aromatic rings. The van der Waals surface area contributed by atoms with Crippen molar-refractivity contribution in [2.24, 2.45) is 0 Å². The lowest BCUT2D eigenvalue weighted by atomic mass is 10.1. The summed E-state index contributed by atoms with van der Waals surface area (Å²) in [7, 11) is 5.28. The number of likely N-dealkylation sites (tertiary alicyclic amines) is 1. The van der Waals surface area contributed by atoms with Gasteiger partial charge in [0.05, 0.1) is 0 Å². The monoisotopic (exact) mass is 226 g/mol. The van der Waals surface area contributed by atoms with Gasteiger partial charge in [-0.1, -0.05) is 0 Å². The molecule has 1 rings (SSSR count). The van der Waals surface area contributed by atoms with Crippen molar-refractivity contribution in [3.63, 3.8) is 0 Å². The zero-order chi connectivity index (χ0) is 10.1. The lowest BCUT2D eigenvalue weighted by Crippen LogP contribution is -2.42.